The van der Waals surface area contributed by atoms with Gasteiger partial charge in [0.15, 0.2) is 0 Å². The van der Waals surface area contributed by atoms with Gasteiger partial charge >= 0.3 is 12.2 Å². The number of hydrogen-bond donors (Lipinski definition) is 4. The lowest BCUT2D eigenvalue weighted by Gasteiger charge is -2.13. The number of nitrogens with zero attached hydrogens (tertiary/aromatic N) is 1. The molecule has 0 aliphatic heterocycles. The second-order valence-electron chi connectivity index (χ2n) is 8.35. The highest BCUT2D eigenvalue weighted by Crippen LogP contribution is 2.36. The van der Waals surface area contributed by atoms with Crippen molar-refractivity contribution in [3.8, 4) is 11.5 Å². The highest BCUT2D eigenvalue weighted by molar-refractivity contribution is 6.31. The summed E-state index contributed by atoms with van der Waals surface area (Å²) < 4.78 is 44.8. The maximum absolute atomic E-state index is 13.0. The zero-order valence-corrected chi connectivity index (χ0v) is 20.1. The lowest BCUT2D eigenvalue weighted by atomic mass is 10.2. The molecule has 1 aliphatic carbocycles. The second kappa shape index (κ2) is 11.5. The topological polar surface area (TPSA) is 104 Å². The first kappa shape index (κ1) is 26.2. The Morgan fingerprint density at radius 2 is 1.59 bits per heavy atom. The normalized spacial score (nSPS) is 13.7. The van der Waals surface area contributed by atoms with Crippen molar-refractivity contribution in [2.24, 2.45) is 0 Å². The minimum absolute atomic E-state index is 0.0647. The molecule has 1 heterocycles. The highest BCUT2D eigenvalue weighted by atomic mass is 35.5. The first-order valence-electron chi connectivity index (χ1n) is 11.4. The van der Waals surface area contributed by atoms with Crippen molar-refractivity contribution in [1.82, 2.24) is 15.8 Å². The lowest BCUT2D eigenvalue weighted by Crippen LogP contribution is -2.43. The van der Waals surface area contributed by atoms with Crippen molar-refractivity contribution in [2.75, 3.05) is 10.6 Å². The van der Waals surface area contributed by atoms with Crippen LogP contribution in [-0.4, -0.2) is 23.0 Å². The first-order chi connectivity index (χ1) is 17.7. The Hall–Kier alpha value is -3.83. The summed E-state index contributed by atoms with van der Waals surface area (Å²) in [5.74, 6) is 0.453. The molecule has 0 saturated heterocycles. The number of pyridine rings is 1. The van der Waals surface area contributed by atoms with E-state index in [-0.39, 0.29) is 23.3 Å². The molecule has 1 aliphatic rings. The quantitative estimate of drug-likeness (QED) is 0.264. The van der Waals surface area contributed by atoms with Crippen LogP contribution < -0.4 is 26.2 Å². The predicted octanol–water partition coefficient (Wildman–Crippen LogP) is 6.37. The number of alkyl halides is 3. The van der Waals surface area contributed by atoms with Crippen LogP contribution in [0.1, 0.15) is 41.7 Å². The van der Waals surface area contributed by atoms with E-state index in [2.05, 4.69) is 26.5 Å². The molecule has 3 aromatic rings. The van der Waals surface area contributed by atoms with Gasteiger partial charge in [0.05, 0.1) is 10.6 Å². The average Bonchev–Trinajstić information content (AvgIpc) is 3.38. The van der Waals surface area contributed by atoms with Crippen LogP contribution in [0.2, 0.25) is 5.02 Å². The van der Waals surface area contributed by atoms with Crippen LogP contribution >= 0.6 is 11.6 Å². The number of carbonyl (C=O) groups excluding carboxylic acids is 2. The fourth-order valence-electron chi connectivity index (χ4n) is 3.76. The number of urea groups is 1. The third-order valence-corrected chi connectivity index (χ3v) is 5.92. The average molecular weight is 534 g/mol. The number of amides is 3. The molecule has 12 heteroatoms. The van der Waals surface area contributed by atoms with E-state index in [9.17, 15) is 22.8 Å². The lowest BCUT2D eigenvalue weighted by molar-refractivity contribution is -0.137. The number of nitrogens with one attached hydrogen (secondary N) is 4. The Morgan fingerprint density at radius 1 is 0.919 bits per heavy atom. The minimum atomic E-state index is -4.65. The molecule has 1 aromatic heterocycles. The number of halogens is 4. The Bertz CT molecular complexity index is 1270. The molecule has 0 radical (unpaired) electrons. The van der Waals surface area contributed by atoms with Gasteiger partial charge in [-0.2, -0.15) is 13.2 Å². The van der Waals surface area contributed by atoms with Gasteiger partial charge in [0, 0.05) is 29.7 Å². The molecular weight excluding hydrogens is 511 g/mol. The van der Waals surface area contributed by atoms with Crippen LogP contribution in [0.25, 0.3) is 0 Å². The van der Waals surface area contributed by atoms with E-state index in [1.54, 1.807) is 30.3 Å². The van der Waals surface area contributed by atoms with E-state index in [1.165, 1.54) is 18.3 Å². The zero-order chi connectivity index (χ0) is 26.4. The van der Waals surface area contributed by atoms with Crippen molar-refractivity contribution in [1.29, 1.82) is 0 Å². The maximum atomic E-state index is 13.0. The Morgan fingerprint density at radius 3 is 2.30 bits per heavy atom. The molecule has 0 spiro atoms. The van der Waals surface area contributed by atoms with Gasteiger partial charge in [0.2, 0.25) is 0 Å². The fraction of sp³-hybridized carbons (Fsp3) is 0.240. The number of hydrogen-bond acceptors (Lipinski definition) is 5. The first-order valence-corrected chi connectivity index (χ1v) is 11.8. The largest absolute Gasteiger partial charge is 0.457 e. The number of hydrazine groups is 1. The molecular formula is C25H23ClF3N5O3. The fourth-order valence-corrected chi connectivity index (χ4v) is 3.98. The van der Waals surface area contributed by atoms with Gasteiger partial charge in [0.25, 0.3) is 5.91 Å². The molecule has 0 unspecified atom stereocenters. The zero-order valence-electron chi connectivity index (χ0n) is 19.4. The van der Waals surface area contributed by atoms with Crippen LogP contribution in [0.15, 0.2) is 60.8 Å². The molecule has 194 valence electrons. The summed E-state index contributed by atoms with van der Waals surface area (Å²) in [5.41, 5.74) is 5.15. The number of carbonyl (C=O) groups is 2. The van der Waals surface area contributed by atoms with Crippen molar-refractivity contribution in [2.45, 2.75) is 37.9 Å². The van der Waals surface area contributed by atoms with Crippen molar-refractivity contribution >= 4 is 34.9 Å². The number of rotatable bonds is 7. The molecule has 4 N–H and O–H groups in total. The molecule has 4 rings (SSSR count). The SMILES string of the molecule is O=C(Nc1ccc(Oc2ccnc(C(=O)NNC3CCCC3)c2)cc1)Nc1ccc(Cl)c(C(F)(F)F)c1. The molecule has 0 atom stereocenters. The van der Waals surface area contributed by atoms with Crippen molar-refractivity contribution in [3.63, 3.8) is 0 Å². The van der Waals surface area contributed by atoms with Crippen LogP contribution in [-0.2, 0) is 6.18 Å². The number of anilines is 2. The smallest absolute Gasteiger partial charge is 0.417 e. The van der Waals surface area contributed by atoms with E-state index in [4.69, 9.17) is 16.3 Å². The van der Waals surface area contributed by atoms with Crippen molar-refractivity contribution < 1.29 is 27.5 Å². The van der Waals surface area contributed by atoms with Gasteiger partial charge in [-0.15, -0.1) is 0 Å². The third-order valence-electron chi connectivity index (χ3n) is 5.59. The molecule has 3 amide bonds. The van der Waals surface area contributed by atoms with Crippen molar-refractivity contribution in [3.05, 3.63) is 77.1 Å². The summed E-state index contributed by atoms with van der Waals surface area (Å²) >= 11 is 5.60. The summed E-state index contributed by atoms with van der Waals surface area (Å²) in [5, 5.41) is 4.40. The summed E-state index contributed by atoms with van der Waals surface area (Å²) in [6.45, 7) is 0. The van der Waals surface area contributed by atoms with Gasteiger partial charge in [-0.05, 0) is 61.4 Å². The van der Waals surface area contributed by atoms with E-state index >= 15 is 0 Å². The van der Waals surface area contributed by atoms with Crippen LogP contribution in [0.5, 0.6) is 11.5 Å². The Balaban J connectivity index is 1.32. The number of ether oxygens (including phenoxy) is 1. The van der Waals surface area contributed by atoms with Crippen LogP contribution in [0.4, 0.5) is 29.3 Å². The molecule has 37 heavy (non-hydrogen) atoms. The summed E-state index contributed by atoms with van der Waals surface area (Å²) in [4.78, 5) is 28.7. The van der Waals surface area contributed by atoms with Gasteiger partial charge < -0.3 is 15.4 Å². The highest BCUT2D eigenvalue weighted by Gasteiger charge is 2.33. The summed E-state index contributed by atoms with van der Waals surface area (Å²) in [6, 6.07) is 12.0. The molecule has 1 fully saturated rings. The van der Waals surface area contributed by atoms with Gasteiger partial charge in [-0.3, -0.25) is 15.2 Å². The summed E-state index contributed by atoms with van der Waals surface area (Å²) in [6.07, 6.45) is 1.12. The molecule has 0 bridgehead atoms. The third kappa shape index (κ3) is 7.34. The van der Waals surface area contributed by atoms with Crippen LogP contribution in [0.3, 0.4) is 0 Å². The van der Waals surface area contributed by atoms with Gasteiger partial charge in [-0.25, -0.2) is 10.2 Å². The maximum Gasteiger partial charge on any atom is 0.417 e. The van der Waals surface area contributed by atoms with Crippen LogP contribution in [0, 0.1) is 0 Å². The van der Waals surface area contributed by atoms with E-state index in [1.807, 2.05) is 0 Å². The number of benzene rings is 2. The van der Waals surface area contributed by atoms with E-state index < -0.39 is 22.8 Å². The van der Waals surface area contributed by atoms with Gasteiger partial charge in [-0.1, -0.05) is 24.4 Å². The Kier molecular flexibility index (Phi) is 8.14. The minimum Gasteiger partial charge on any atom is -0.457 e. The molecule has 2 aromatic carbocycles. The number of aromatic nitrogens is 1. The molecule has 1 saturated carbocycles. The van der Waals surface area contributed by atoms with E-state index in [0.717, 1.165) is 37.8 Å². The standard InChI is InChI=1S/C25H23ClF3N5O3/c26-21-10-7-17(13-20(21)25(27,28)29)32-24(36)31-15-5-8-18(9-6-15)37-19-11-12-30-22(14-19)23(35)34-33-16-3-1-2-4-16/h5-14,16,33H,1-4H2,(H,34,35)(H2,31,32,36). The van der Waals surface area contributed by atoms with E-state index in [0.29, 0.717) is 17.2 Å². The second-order valence-corrected chi connectivity index (χ2v) is 8.76. The Labute approximate surface area is 215 Å². The summed E-state index contributed by atoms with van der Waals surface area (Å²) in [7, 11) is 0. The molecule has 8 nitrogen and oxygen atoms in total. The monoisotopic (exact) mass is 533 g/mol. The van der Waals surface area contributed by atoms with Gasteiger partial charge in [0.1, 0.15) is 17.2 Å². The predicted molar refractivity (Wildman–Crippen MR) is 133 cm³/mol.